The Morgan fingerprint density at radius 3 is 2.82 bits per heavy atom. The highest BCUT2D eigenvalue weighted by molar-refractivity contribution is 9.10. The van der Waals surface area contributed by atoms with Crippen LogP contribution in [-0.2, 0) is 7.05 Å². The molecule has 0 amide bonds. The predicted molar refractivity (Wildman–Crippen MR) is 78.9 cm³/mol. The van der Waals surface area contributed by atoms with Gasteiger partial charge in [-0.3, -0.25) is 4.68 Å². The number of carboxylic acids is 1. The molecule has 0 aliphatic carbocycles. The summed E-state index contributed by atoms with van der Waals surface area (Å²) in [4.78, 5) is 11.1. The van der Waals surface area contributed by atoms with E-state index in [1.54, 1.807) is 7.05 Å². The van der Waals surface area contributed by atoms with Crippen LogP contribution in [0, 0.1) is 5.82 Å². The molecule has 6 nitrogen and oxygen atoms in total. The highest BCUT2D eigenvalue weighted by Gasteiger charge is 2.26. The molecule has 0 saturated heterocycles. The third-order valence-corrected chi connectivity index (χ3v) is 3.86. The lowest BCUT2D eigenvalue weighted by Crippen LogP contribution is -2.02. The number of aromatic nitrogens is 2. The van der Waals surface area contributed by atoms with E-state index in [1.807, 2.05) is 0 Å². The van der Waals surface area contributed by atoms with Gasteiger partial charge >= 0.3 is 5.97 Å². The quantitative estimate of drug-likeness (QED) is 0.879. The molecule has 0 unspecified atom stereocenters. The molecule has 22 heavy (non-hydrogen) atoms. The number of carboxylic acid groups (broad SMARTS) is 1. The third kappa shape index (κ3) is 2.43. The summed E-state index contributed by atoms with van der Waals surface area (Å²) in [5.41, 5.74) is 0.270. The zero-order valence-corrected chi connectivity index (χ0v) is 13.2. The molecular weight excluding hydrogens is 359 g/mol. The molecule has 2 aromatic rings. The second kappa shape index (κ2) is 5.60. The maximum absolute atomic E-state index is 14.6. The van der Waals surface area contributed by atoms with Crippen LogP contribution in [0.4, 0.5) is 4.39 Å². The summed E-state index contributed by atoms with van der Waals surface area (Å²) in [7, 11) is 1.55. The Bertz CT molecular complexity index is 760. The first-order chi connectivity index (χ1) is 10.5. The van der Waals surface area contributed by atoms with Crippen LogP contribution in [0.25, 0.3) is 11.3 Å². The van der Waals surface area contributed by atoms with Crippen LogP contribution < -0.4 is 9.47 Å². The van der Waals surface area contributed by atoms with Crippen molar-refractivity contribution in [2.45, 2.75) is 6.42 Å². The fourth-order valence-electron chi connectivity index (χ4n) is 2.29. The Kier molecular flexibility index (Phi) is 3.78. The summed E-state index contributed by atoms with van der Waals surface area (Å²) in [6, 6.07) is 2.82. The van der Waals surface area contributed by atoms with Gasteiger partial charge in [0.25, 0.3) is 0 Å². The van der Waals surface area contributed by atoms with Crippen molar-refractivity contribution in [3.05, 3.63) is 28.1 Å². The molecule has 1 aliphatic heterocycles. The van der Waals surface area contributed by atoms with Gasteiger partial charge in [-0.25, -0.2) is 9.18 Å². The average molecular weight is 371 g/mol. The first kappa shape index (κ1) is 14.8. The SMILES string of the molecule is Cn1nc(C(=O)O)cc1-c1c(F)c(Br)cc2c1OCCCO2. The zero-order chi connectivity index (χ0) is 15.9. The molecule has 2 heterocycles. The summed E-state index contributed by atoms with van der Waals surface area (Å²) in [6.07, 6.45) is 0.680. The summed E-state index contributed by atoms with van der Waals surface area (Å²) in [5, 5.41) is 12.9. The molecule has 1 aromatic carbocycles. The highest BCUT2D eigenvalue weighted by atomic mass is 79.9. The van der Waals surface area contributed by atoms with Crippen molar-refractivity contribution in [3.63, 3.8) is 0 Å². The number of aryl methyl sites for hydroxylation is 1. The van der Waals surface area contributed by atoms with Gasteiger partial charge < -0.3 is 14.6 Å². The minimum atomic E-state index is -1.18. The molecular formula is C14H12BrFN2O4. The summed E-state index contributed by atoms with van der Waals surface area (Å²) in [5.74, 6) is -1.05. The number of benzene rings is 1. The van der Waals surface area contributed by atoms with Gasteiger partial charge in [0.15, 0.2) is 23.0 Å². The summed E-state index contributed by atoms with van der Waals surface area (Å²) < 4.78 is 27.3. The molecule has 0 radical (unpaired) electrons. The van der Waals surface area contributed by atoms with Crippen LogP contribution in [-0.4, -0.2) is 34.1 Å². The van der Waals surface area contributed by atoms with Crippen LogP contribution >= 0.6 is 15.9 Å². The van der Waals surface area contributed by atoms with E-state index in [-0.39, 0.29) is 21.5 Å². The second-order valence-corrected chi connectivity index (χ2v) is 5.62. The van der Waals surface area contributed by atoms with Crippen LogP contribution in [0.1, 0.15) is 16.9 Å². The van der Waals surface area contributed by atoms with E-state index in [4.69, 9.17) is 14.6 Å². The molecule has 0 atom stereocenters. The van der Waals surface area contributed by atoms with E-state index in [0.29, 0.717) is 31.1 Å². The monoisotopic (exact) mass is 370 g/mol. The van der Waals surface area contributed by atoms with Crippen molar-refractivity contribution in [3.8, 4) is 22.8 Å². The van der Waals surface area contributed by atoms with Crippen LogP contribution in [0.15, 0.2) is 16.6 Å². The highest BCUT2D eigenvalue weighted by Crippen LogP contribution is 2.44. The van der Waals surface area contributed by atoms with Crippen molar-refractivity contribution < 1.29 is 23.8 Å². The molecule has 0 bridgehead atoms. The van der Waals surface area contributed by atoms with Crippen LogP contribution in [0.5, 0.6) is 11.5 Å². The Labute approximate surface area is 133 Å². The minimum Gasteiger partial charge on any atom is -0.489 e. The number of rotatable bonds is 2. The van der Waals surface area contributed by atoms with Crippen LogP contribution in [0.2, 0.25) is 0 Å². The van der Waals surface area contributed by atoms with Crippen LogP contribution in [0.3, 0.4) is 0 Å². The van der Waals surface area contributed by atoms with Gasteiger partial charge in [0.2, 0.25) is 0 Å². The van der Waals surface area contributed by atoms with Gasteiger partial charge in [-0.15, -0.1) is 0 Å². The minimum absolute atomic E-state index is 0.133. The lowest BCUT2D eigenvalue weighted by atomic mass is 10.1. The fourth-order valence-corrected chi connectivity index (χ4v) is 2.69. The molecule has 1 aliphatic rings. The molecule has 8 heteroatoms. The van der Waals surface area contributed by atoms with Crippen molar-refractivity contribution in [1.82, 2.24) is 9.78 Å². The number of nitrogens with zero attached hydrogens (tertiary/aromatic N) is 2. The Balaban J connectivity index is 2.25. The Morgan fingerprint density at radius 1 is 1.41 bits per heavy atom. The molecule has 3 rings (SSSR count). The summed E-state index contributed by atoms with van der Waals surface area (Å²) >= 11 is 3.15. The maximum atomic E-state index is 14.6. The maximum Gasteiger partial charge on any atom is 0.356 e. The third-order valence-electron chi connectivity index (χ3n) is 3.29. The standard InChI is InChI=1S/C14H12BrFN2O4/c1-18-9(6-8(17-18)14(19)20)11-12(16)7(15)5-10-13(11)22-4-2-3-21-10/h5-6H,2-4H2,1H3,(H,19,20). The number of hydrogen-bond acceptors (Lipinski definition) is 4. The molecule has 1 N–H and O–H groups in total. The number of ether oxygens (including phenoxy) is 2. The average Bonchev–Trinajstić information content (AvgIpc) is 2.70. The largest absolute Gasteiger partial charge is 0.489 e. The lowest BCUT2D eigenvalue weighted by molar-refractivity contribution is 0.0689. The number of aromatic carboxylic acids is 1. The molecule has 0 saturated carbocycles. The second-order valence-electron chi connectivity index (χ2n) is 4.77. The number of carbonyl (C=O) groups is 1. The smallest absolute Gasteiger partial charge is 0.356 e. The van der Waals surface area contributed by atoms with E-state index in [9.17, 15) is 9.18 Å². The van der Waals surface area contributed by atoms with Crippen molar-refractivity contribution >= 4 is 21.9 Å². The van der Waals surface area contributed by atoms with Crippen molar-refractivity contribution in [2.75, 3.05) is 13.2 Å². The predicted octanol–water partition coefficient (Wildman–Crippen LogP) is 2.85. The molecule has 116 valence electrons. The first-order valence-corrected chi connectivity index (χ1v) is 7.33. The zero-order valence-electron chi connectivity index (χ0n) is 11.6. The molecule has 0 fully saturated rings. The van der Waals surface area contributed by atoms with Gasteiger partial charge in [0, 0.05) is 19.5 Å². The number of halogens is 2. The van der Waals surface area contributed by atoms with Crippen molar-refractivity contribution in [1.29, 1.82) is 0 Å². The van der Waals surface area contributed by atoms with Gasteiger partial charge in [-0.05, 0) is 22.0 Å². The molecule has 0 spiro atoms. The Morgan fingerprint density at radius 2 is 2.14 bits per heavy atom. The number of fused-ring (bicyclic) bond motifs is 1. The van der Waals surface area contributed by atoms with Gasteiger partial charge in [0.1, 0.15) is 0 Å². The summed E-state index contributed by atoms with van der Waals surface area (Å²) in [6.45, 7) is 0.862. The fraction of sp³-hybridized carbons (Fsp3) is 0.286. The van der Waals surface area contributed by atoms with Crippen molar-refractivity contribution in [2.24, 2.45) is 7.05 Å². The normalized spacial score (nSPS) is 13.8. The van der Waals surface area contributed by atoms with E-state index in [0.717, 1.165) is 0 Å². The Hall–Kier alpha value is -2.09. The van der Waals surface area contributed by atoms with E-state index < -0.39 is 11.8 Å². The topological polar surface area (TPSA) is 73.6 Å². The lowest BCUT2D eigenvalue weighted by Gasteiger charge is -2.14. The van der Waals surface area contributed by atoms with E-state index in [1.165, 1.54) is 16.8 Å². The van der Waals surface area contributed by atoms with E-state index >= 15 is 0 Å². The number of hydrogen-bond donors (Lipinski definition) is 1. The first-order valence-electron chi connectivity index (χ1n) is 6.54. The van der Waals surface area contributed by atoms with Gasteiger partial charge in [-0.2, -0.15) is 5.10 Å². The van der Waals surface area contributed by atoms with E-state index in [2.05, 4.69) is 21.0 Å². The van der Waals surface area contributed by atoms with Gasteiger partial charge in [0.05, 0.1) is 28.9 Å². The van der Waals surface area contributed by atoms with Gasteiger partial charge in [-0.1, -0.05) is 0 Å². The molecule has 1 aromatic heterocycles.